The minimum Gasteiger partial charge on any atom is -0.358 e. The van der Waals surface area contributed by atoms with Gasteiger partial charge in [0.15, 0.2) is 0 Å². The zero-order valence-electron chi connectivity index (χ0n) is 14.2. The van der Waals surface area contributed by atoms with E-state index in [0.29, 0.717) is 11.6 Å². The van der Waals surface area contributed by atoms with E-state index in [9.17, 15) is 0 Å². The fraction of sp³-hybridized carbons (Fsp3) is 0.706. The average molecular weight is 290 g/mol. The van der Waals surface area contributed by atoms with Crippen LogP contribution < -0.4 is 10.2 Å². The fourth-order valence-electron chi connectivity index (χ4n) is 2.92. The molecule has 4 nitrogen and oxygen atoms in total. The van der Waals surface area contributed by atoms with Crippen molar-refractivity contribution in [3.8, 4) is 0 Å². The highest BCUT2D eigenvalue weighted by molar-refractivity contribution is 5.39. The van der Waals surface area contributed by atoms with Gasteiger partial charge in [-0.3, -0.25) is 0 Å². The zero-order valence-corrected chi connectivity index (χ0v) is 14.2. The molecule has 1 aliphatic carbocycles. The Labute approximate surface area is 129 Å². The van der Waals surface area contributed by atoms with E-state index in [0.717, 1.165) is 18.9 Å². The number of anilines is 1. The predicted octanol–water partition coefficient (Wildman–Crippen LogP) is 2.50. The normalized spacial score (nSPS) is 17.1. The van der Waals surface area contributed by atoms with Crippen LogP contribution in [0.5, 0.6) is 0 Å². The van der Waals surface area contributed by atoms with E-state index < -0.39 is 0 Å². The lowest BCUT2D eigenvalue weighted by Gasteiger charge is -2.49. The average Bonchev–Trinajstić information content (AvgIpc) is 2.40. The Morgan fingerprint density at radius 3 is 2.38 bits per heavy atom. The molecule has 21 heavy (non-hydrogen) atoms. The van der Waals surface area contributed by atoms with Crippen molar-refractivity contribution in [2.75, 3.05) is 32.6 Å². The summed E-state index contributed by atoms with van der Waals surface area (Å²) in [4.78, 5) is 9.30. The Kier molecular flexibility index (Phi) is 5.22. The summed E-state index contributed by atoms with van der Waals surface area (Å²) >= 11 is 0. The molecule has 0 unspecified atom stereocenters. The number of aromatic nitrogens is 1. The zero-order chi connectivity index (χ0) is 15.5. The van der Waals surface area contributed by atoms with Gasteiger partial charge in [0, 0.05) is 37.9 Å². The van der Waals surface area contributed by atoms with Crippen LogP contribution in [0.25, 0.3) is 0 Å². The predicted molar refractivity (Wildman–Crippen MR) is 89.8 cm³/mol. The first kappa shape index (κ1) is 16.2. The molecule has 1 heterocycles. The van der Waals surface area contributed by atoms with Crippen LogP contribution in [0.3, 0.4) is 0 Å². The first-order valence-electron chi connectivity index (χ1n) is 8.00. The molecule has 4 heteroatoms. The largest absolute Gasteiger partial charge is 0.358 e. The first-order chi connectivity index (χ1) is 9.93. The van der Waals surface area contributed by atoms with Gasteiger partial charge in [-0.2, -0.15) is 0 Å². The summed E-state index contributed by atoms with van der Waals surface area (Å²) < 4.78 is 0. The summed E-state index contributed by atoms with van der Waals surface area (Å²) in [6.45, 7) is 6.26. The van der Waals surface area contributed by atoms with E-state index >= 15 is 0 Å². The monoisotopic (exact) mass is 290 g/mol. The Morgan fingerprint density at radius 2 is 1.95 bits per heavy atom. The molecule has 1 aromatic heterocycles. The third-order valence-electron chi connectivity index (χ3n) is 4.68. The number of likely N-dealkylation sites (N-methyl/N-ethyl adjacent to an activating group) is 2. The van der Waals surface area contributed by atoms with Crippen LogP contribution in [0.2, 0.25) is 0 Å². The maximum atomic E-state index is 4.63. The van der Waals surface area contributed by atoms with Crippen molar-refractivity contribution in [1.82, 2.24) is 15.2 Å². The van der Waals surface area contributed by atoms with Gasteiger partial charge in [-0.05, 0) is 45.0 Å². The highest BCUT2D eigenvalue weighted by Gasteiger charge is 2.40. The van der Waals surface area contributed by atoms with E-state index in [-0.39, 0.29) is 0 Å². The molecule has 1 N–H and O–H groups in total. The van der Waals surface area contributed by atoms with E-state index in [4.69, 9.17) is 0 Å². The van der Waals surface area contributed by atoms with E-state index in [1.54, 1.807) is 0 Å². The van der Waals surface area contributed by atoms with Gasteiger partial charge >= 0.3 is 0 Å². The molecule has 0 bridgehead atoms. The number of nitrogens with zero attached hydrogens (tertiary/aromatic N) is 3. The first-order valence-corrected chi connectivity index (χ1v) is 8.00. The summed E-state index contributed by atoms with van der Waals surface area (Å²) in [7, 11) is 6.54. The smallest absolute Gasteiger partial charge is 0.128 e. The van der Waals surface area contributed by atoms with Gasteiger partial charge in [0.05, 0.1) is 0 Å². The van der Waals surface area contributed by atoms with Crippen molar-refractivity contribution in [3.63, 3.8) is 0 Å². The fourth-order valence-corrected chi connectivity index (χ4v) is 2.92. The van der Waals surface area contributed by atoms with Crippen LogP contribution >= 0.6 is 0 Å². The lowest BCUT2D eigenvalue weighted by molar-refractivity contribution is 0.0682. The molecule has 0 spiro atoms. The van der Waals surface area contributed by atoms with Gasteiger partial charge in [-0.25, -0.2) is 4.98 Å². The van der Waals surface area contributed by atoms with Crippen molar-refractivity contribution in [1.29, 1.82) is 0 Å². The van der Waals surface area contributed by atoms with Gasteiger partial charge in [0.2, 0.25) is 0 Å². The molecule has 1 saturated carbocycles. The molecule has 0 aliphatic heterocycles. The minimum absolute atomic E-state index is 0.342. The molecule has 118 valence electrons. The standard InChI is InChI=1S/C17H30N4/c1-14(2)18-11-15-7-8-16(19-12-15)21(5)13-17(20(3)4)9-6-10-17/h7-8,12,14,18H,6,9-11,13H2,1-5H3. The van der Waals surface area contributed by atoms with Crippen molar-refractivity contribution in [2.45, 2.75) is 51.2 Å². The Morgan fingerprint density at radius 1 is 1.24 bits per heavy atom. The summed E-state index contributed by atoms with van der Waals surface area (Å²) in [5, 5.41) is 3.42. The molecule has 1 aliphatic rings. The number of pyridine rings is 1. The van der Waals surface area contributed by atoms with Crippen LogP contribution in [-0.2, 0) is 6.54 Å². The molecule has 0 radical (unpaired) electrons. The third kappa shape index (κ3) is 3.95. The number of rotatable bonds is 7. The van der Waals surface area contributed by atoms with Crippen LogP contribution in [0, 0.1) is 0 Å². The van der Waals surface area contributed by atoms with Crippen LogP contribution in [-0.4, -0.2) is 49.2 Å². The van der Waals surface area contributed by atoms with E-state index in [2.05, 4.69) is 67.2 Å². The topological polar surface area (TPSA) is 31.4 Å². The Bertz CT molecular complexity index is 435. The summed E-state index contributed by atoms with van der Waals surface area (Å²) in [5.41, 5.74) is 1.58. The molecular formula is C17H30N4. The van der Waals surface area contributed by atoms with Crippen molar-refractivity contribution in [3.05, 3.63) is 23.9 Å². The molecular weight excluding hydrogens is 260 g/mol. The Hall–Kier alpha value is -1.13. The van der Waals surface area contributed by atoms with Gasteiger partial charge in [-0.1, -0.05) is 19.9 Å². The summed E-state index contributed by atoms with van der Waals surface area (Å²) in [6.07, 6.45) is 5.92. The lowest BCUT2D eigenvalue weighted by Crippen LogP contribution is -2.56. The van der Waals surface area contributed by atoms with Crippen molar-refractivity contribution >= 4 is 5.82 Å². The van der Waals surface area contributed by atoms with E-state index in [1.807, 2.05) is 6.20 Å². The number of hydrogen-bond acceptors (Lipinski definition) is 4. The second-order valence-electron chi connectivity index (χ2n) is 6.89. The van der Waals surface area contributed by atoms with E-state index in [1.165, 1.54) is 24.8 Å². The molecule has 0 atom stereocenters. The van der Waals surface area contributed by atoms with Gasteiger partial charge in [0.1, 0.15) is 5.82 Å². The number of hydrogen-bond donors (Lipinski definition) is 1. The second kappa shape index (κ2) is 6.75. The summed E-state index contributed by atoms with van der Waals surface area (Å²) in [6, 6.07) is 4.82. The summed E-state index contributed by atoms with van der Waals surface area (Å²) in [5.74, 6) is 1.07. The maximum absolute atomic E-state index is 4.63. The minimum atomic E-state index is 0.342. The molecule has 0 amide bonds. The van der Waals surface area contributed by atoms with Crippen molar-refractivity contribution in [2.24, 2.45) is 0 Å². The van der Waals surface area contributed by atoms with Crippen molar-refractivity contribution < 1.29 is 0 Å². The molecule has 0 saturated heterocycles. The Balaban J connectivity index is 1.95. The van der Waals surface area contributed by atoms with Crippen LogP contribution in [0.4, 0.5) is 5.82 Å². The lowest BCUT2D eigenvalue weighted by atomic mass is 9.75. The molecule has 0 aromatic carbocycles. The number of nitrogens with one attached hydrogen (secondary N) is 1. The quantitative estimate of drug-likeness (QED) is 0.836. The maximum Gasteiger partial charge on any atom is 0.128 e. The molecule has 1 fully saturated rings. The highest BCUT2D eigenvalue weighted by atomic mass is 15.2. The van der Waals surface area contributed by atoms with Gasteiger partial charge in [-0.15, -0.1) is 0 Å². The molecule has 2 rings (SSSR count). The SMILES string of the molecule is CC(C)NCc1ccc(N(C)CC2(N(C)C)CCC2)nc1. The highest BCUT2D eigenvalue weighted by Crippen LogP contribution is 2.37. The third-order valence-corrected chi connectivity index (χ3v) is 4.68. The van der Waals surface area contributed by atoms with Crippen LogP contribution in [0.15, 0.2) is 18.3 Å². The second-order valence-corrected chi connectivity index (χ2v) is 6.89. The van der Waals surface area contributed by atoms with Gasteiger partial charge < -0.3 is 15.1 Å². The van der Waals surface area contributed by atoms with Crippen LogP contribution in [0.1, 0.15) is 38.7 Å². The molecule has 1 aromatic rings. The van der Waals surface area contributed by atoms with Gasteiger partial charge in [0.25, 0.3) is 0 Å².